The van der Waals surface area contributed by atoms with Crippen molar-refractivity contribution in [1.29, 1.82) is 0 Å². The number of hydrogen-bond acceptors (Lipinski definition) is 4. The lowest BCUT2D eigenvalue weighted by Gasteiger charge is -2.12. The summed E-state index contributed by atoms with van der Waals surface area (Å²) in [6.45, 7) is 2.81. The molecule has 0 fully saturated rings. The van der Waals surface area contributed by atoms with Gasteiger partial charge < -0.3 is 14.6 Å². The fourth-order valence-electron chi connectivity index (χ4n) is 2.06. The summed E-state index contributed by atoms with van der Waals surface area (Å²) in [5.74, 6) is -0.891. The van der Waals surface area contributed by atoms with Crippen LogP contribution >= 0.6 is 0 Å². The lowest BCUT2D eigenvalue weighted by atomic mass is 10.1. The molecule has 0 saturated heterocycles. The van der Waals surface area contributed by atoms with Gasteiger partial charge in [0.25, 0.3) is 0 Å². The zero-order valence-electron chi connectivity index (χ0n) is 13.3. The SMILES string of the molecule is CCCCCCOc1ccc(CCC(=O)C(=O)O)cc1OC. The number of methoxy groups -OCH3 is 1. The highest BCUT2D eigenvalue weighted by molar-refractivity contribution is 6.32. The molecule has 0 radical (unpaired) electrons. The van der Waals surface area contributed by atoms with Gasteiger partial charge >= 0.3 is 5.97 Å². The van der Waals surface area contributed by atoms with Crippen LogP contribution in [0.5, 0.6) is 11.5 Å². The Morgan fingerprint density at radius 1 is 1.14 bits per heavy atom. The third kappa shape index (κ3) is 6.16. The van der Waals surface area contributed by atoms with Crippen LogP contribution in [0.15, 0.2) is 18.2 Å². The second kappa shape index (κ2) is 9.82. The van der Waals surface area contributed by atoms with Crippen molar-refractivity contribution in [3.05, 3.63) is 23.8 Å². The molecule has 0 unspecified atom stereocenters. The zero-order valence-corrected chi connectivity index (χ0v) is 13.3. The number of carbonyl (C=O) groups is 2. The number of Topliss-reactive ketones (excluding diaryl/α,β-unsaturated/α-hetero) is 1. The molecule has 0 amide bonds. The van der Waals surface area contributed by atoms with Gasteiger partial charge in [-0.1, -0.05) is 32.3 Å². The Bertz CT molecular complexity index is 496. The standard InChI is InChI=1S/C17H24O5/c1-3-4-5-6-11-22-15-10-8-13(12-16(15)21-2)7-9-14(18)17(19)20/h8,10,12H,3-7,9,11H2,1-2H3,(H,19,20). The van der Waals surface area contributed by atoms with Gasteiger partial charge in [0.1, 0.15) is 0 Å². The summed E-state index contributed by atoms with van der Waals surface area (Å²) in [7, 11) is 1.56. The van der Waals surface area contributed by atoms with Gasteiger partial charge in [-0.15, -0.1) is 0 Å². The summed E-state index contributed by atoms with van der Waals surface area (Å²) in [4.78, 5) is 21.6. The maximum Gasteiger partial charge on any atom is 0.372 e. The van der Waals surface area contributed by atoms with Crippen LogP contribution in [-0.4, -0.2) is 30.6 Å². The van der Waals surface area contributed by atoms with Crippen molar-refractivity contribution in [3.63, 3.8) is 0 Å². The summed E-state index contributed by atoms with van der Waals surface area (Å²) in [5.41, 5.74) is 0.852. The number of aryl methyl sites for hydroxylation is 1. The highest BCUT2D eigenvalue weighted by Gasteiger charge is 2.12. The Balaban J connectivity index is 2.55. The molecule has 0 aliphatic carbocycles. The number of ether oxygens (including phenoxy) is 2. The van der Waals surface area contributed by atoms with Crippen molar-refractivity contribution in [2.75, 3.05) is 13.7 Å². The molecule has 0 aromatic heterocycles. The van der Waals surface area contributed by atoms with Crippen LogP contribution in [0.2, 0.25) is 0 Å². The summed E-state index contributed by atoms with van der Waals surface area (Å²) in [6.07, 6.45) is 4.90. The van der Waals surface area contributed by atoms with Crippen molar-refractivity contribution >= 4 is 11.8 Å². The number of carbonyl (C=O) groups excluding carboxylic acids is 1. The monoisotopic (exact) mass is 308 g/mol. The Hall–Kier alpha value is -2.04. The van der Waals surface area contributed by atoms with Gasteiger partial charge in [-0.2, -0.15) is 0 Å². The molecule has 0 atom stereocenters. The van der Waals surface area contributed by atoms with E-state index in [0.717, 1.165) is 18.4 Å². The maximum atomic E-state index is 11.1. The van der Waals surface area contributed by atoms with Crippen LogP contribution < -0.4 is 9.47 Å². The topological polar surface area (TPSA) is 72.8 Å². The van der Waals surface area contributed by atoms with Gasteiger partial charge in [0.05, 0.1) is 13.7 Å². The third-order valence-electron chi connectivity index (χ3n) is 3.36. The minimum absolute atomic E-state index is 0.0181. The van der Waals surface area contributed by atoms with Crippen molar-refractivity contribution in [1.82, 2.24) is 0 Å². The van der Waals surface area contributed by atoms with Crippen LogP contribution in [0, 0.1) is 0 Å². The molecule has 22 heavy (non-hydrogen) atoms. The minimum Gasteiger partial charge on any atom is -0.493 e. The van der Waals surface area contributed by atoms with Crippen LogP contribution in [-0.2, 0) is 16.0 Å². The van der Waals surface area contributed by atoms with Gasteiger partial charge in [0, 0.05) is 6.42 Å². The number of unbranched alkanes of at least 4 members (excludes halogenated alkanes) is 3. The highest BCUT2D eigenvalue weighted by atomic mass is 16.5. The first-order chi connectivity index (χ1) is 10.6. The van der Waals surface area contributed by atoms with E-state index in [9.17, 15) is 9.59 Å². The first kappa shape index (κ1) is 18.0. The Morgan fingerprint density at radius 2 is 1.91 bits per heavy atom. The van der Waals surface area contributed by atoms with Crippen LogP contribution in [0.25, 0.3) is 0 Å². The summed E-state index contributed by atoms with van der Waals surface area (Å²) in [6, 6.07) is 5.43. The van der Waals surface area contributed by atoms with E-state index >= 15 is 0 Å². The van der Waals surface area contributed by atoms with Crippen LogP contribution in [0.1, 0.15) is 44.6 Å². The second-order valence-corrected chi connectivity index (χ2v) is 5.12. The molecule has 0 bridgehead atoms. The van der Waals surface area contributed by atoms with E-state index in [0.29, 0.717) is 24.5 Å². The van der Waals surface area contributed by atoms with Gasteiger partial charge in [-0.25, -0.2) is 4.79 Å². The fourth-order valence-corrected chi connectivity index (χ4v) is 2.06. The predicted molar refractivity (Wildman–Crippen MR) is 83.6 cm³/mol. The van der Waals surface area contributed by atoms with E-state index in [1.165, 1.54) is 12.8 Å². The van der Waals surface area contributed by atoms with E-state index in [1.54, 1.807) is 19.2 Å². The molecular formula is C17H24O5. The molecule has 1 aromatic rings. The third-order valence-corrected chi connectivity index (χ3v) is 3.36. The minimum atomic E-state index is -1.39. The number of hydrogen-bond donors (Lipinski definition) is 1. The molecule has 5 nitrogen and oxygen atoms in total. The van der Waals surface area contributed by atoms with Crippen LogP contribution in [0.3, 0.4) is 0 Å². The quantitative estimate of drug-likeness (QED) is 0.502. The first-order valence-electron chi connectivity index (χ1n) is 7.64. The second-order valence-electron chi connectivity index (χ2n) is 5.12. The van der Waals surface area contributed by atoms with Gasteiger partial charge in [-0.05, 0) is 30.5 Å². The molecule has 0 saturated carbocycles. The van der Waals surface area contributed by atoms with E-state index in [1.807, 2.05) is 6.07 Å². The molecule has 0 aliphatic rings. The van der Waals surface area contributed by atoms with E-state index in [-0.39, 0.29) is 6.42 Å². The molecule has 5 heteroatoms. The number of rotatable bonds is 11. The molecule has 0 heterocycles. The van der Waals surface area contributed by atoms with Gasteiger partial charge in [0.15, 0.2) is 11.5 Å². The number of aliphatic carboxylic acids is 1. The number of carboxylic acid groups (broad SMARTS) is 1. The number of ketones is 1. The molecule has 0 spiro atoms. The number of carboxylic acids is 1. The number of benzene rings is 1. The summed E-state index contributed by atoms with van der Waals surface area (Å²) in [5, 5.41) is 8.57. The Labute approximate surface area is 131 Å². The van der Waals surface area contributed by atoms with Crippen LogP contribution in [0.4, 0.5) is 0 Å². The van der Waals surface area contributed by atoms with Crippen molar-refractivity contribution in [2.24, 2.45) is 0 Å². The maximum absolute atomic E-state index is 11.1. The van der Waals surface area contributed by atoms with E-state index < -0.39 is 11.8 Å². The van der Waals surface area contributed by atoms with Gasteiger partial charge in [0.2, 0.25) is 5.78 Å². The fraction of sp³-hybridized carbons (Fsp3) is 0.529. The molecular weight excluding hydrogens is 284 g/mol. The smallest absolute Gasteiger partial charge is 0.372 e. The first-order valence-corrected chi connectivity index (χ1v) is 7.64. The summed E-state index contributed by atoms with van der Waals surface area (Å²) < 4.78 is 11.0. The molecule has 1 N–H and O–H groups in total. The Kier molecular flexibility index (Phi) is 8.04. The van der Waals surface area contributed by atoms with E-state index in [2.05, 4.69) is 6.92 Å². The lowest BCUT2D eigenvalue weighted by Crippen LogP contribution is -2.12. The predicted octanol–water partition coefficient (Wildman–Crippen LogP) is 3.24. The normalized spacial score (nSPS) is 10.3. The zero-order chi connectivity index (χ0) is 16.4. The average molecular weight is 308 g/mol. The van der Waals surface area contributed by atoms with Crippen molar-refractivity contribution in [2.45, 2.75) is 45.4 Å². The molecule has 0 aliphatic heterocycles. The van der Waals surface area contributed by atoms with Crippen molar-refractivity contribution in [3.8, 4) is 11.5 Å². The molecule has 122 valence electrons. The largest absolute Gasteiger partial charge is 0.493 e. The molecule has 1 rings (SSSR count). The highest BCUT2D eigenvalue weighted by Crippen LogP contribution is 2.28. The van der Waals surface area contributed by atoms with Crippen molar-refractivity contribution < 1.29 is 24.2 Å². The van der Waals surface area contributed by atoms with Gasteiger partial charge in [-0.3, -0.25) is 4.79 Å². The summed E-state index contributed by atoms with van der Waals surface area (Å²) >= 11 is 0. The lowest BCUT2D eigenvalue weighted by molar-refractivity contribution is -0.149. The van der Waals surface area contributed by atoms with E-state index in [4.69, 9.17) is 14.6 Å². The molecule has 1 aromatic carbocycles. The average Bonchev–Trinajstić information content (AvgIpc) is 2.52. The Morgan fingerprint density at radius 3 is 2.55 bits per heavy atom.